The molecule has 0 bridgehead atoms. The number of rotatable bonds is 12. The molecule has 12 aromatic rings. The van der Waals surface area contributed by atoms with Gasteiger partial charge in [-0.1, -0.05) is 212 Å². The van der Waals surface area contributed by atoms with Gasteiger partial charge < -0.3 is 9.47 Å². The van der Waals surface area contributed by atoms with Crippen LogP contribution in [0.5, 0.6) is 0 Å². The van der Waals surface area contributed by atoms with Crippen molar-refractivity contribution in [3.63, 3.8) is 0 Å². The lowest BCUT2D eigenvalue weighted by atomic mass is 9.93. The van der Waals surface area contributed by atoms with Crippen LogP contribution in [0.15, 0.2) is 279 Å². The van der Waals surface area contributed by atoms with Gasteiger partial charge in [0.15, 0.2) is 0 Å². The van der Waals surface area contributed by atoms with Crippen LogP contribution in [0.4, 0.5) is 17.1 Å². The van der Waals surface area contributed by atoms with Crippen LogP contribution in [0.1, 0.15) is 25.0 Å². The zero-order valence-corrected chi connectivity index (χ0v) is 41.6. The quantitative estimate of drug-likeness (QED) is 0.0875. The Labute approximate surface area is 434 Å². The van der Waals surface area contributed by atoms with Crippen LogP contribution < -0.4 is 4.90 Å². The molecular formula is C72H54N2. The Morgan fingerprint density at radius 1 is 0.338 bits per heavy atom. The first-order valence-corrected chi connectivity index (χ1v) is 25.6. The molecule has 74 heavy (non-hydrogen) atoms. The standard InChI is InChI=1S/C72H54N2/c1-3-5-8-20-52-23-16-26-57-47-56(40-45-65(52)57)51-36-41-62(42-37-51)74(63-43-38-53(39-44-63)70-49-59-21-12-13-31-66(59)68-32-14-15-33-69(68)70)64-30-18-25-55(48-64)54-24-17-27-58(46-54)67-34-19-35-71-72(67)60(22-9-6-4-2)50-73(71)61-28-10-7-11-29-61/h3-50H,1-2H3/b5-3-,6-4-,20-8-,22-9-. The van der Waals surface area contributed by atoms with Crippen molar-refractivity contribution in [2.75, 3.05) is 4.90 Å². The van der Waals surface area contributed by atoms with E-state index in [1.54, 1.807) is 0 Å². The summed E-state index contributed by atoms with van der Waals surface area (Å²) >= 11 is 0. The van der Waals surface area contributed by atoms with Crippen LogP contribution in [0.25, 0.3) is 106 Å². The minimum atomic E-state index is 1.08. The van der Waals surface area contributed by atoms with Gasteiger partial charge in [-0.15, -0.1) is 0 Å². The summed E-state index contributed by atoms with van der Waals surface area (Å²) in [6.45, 7) is 4.09. The summed E-state index contributed by atoms with van der Waals surface area (Å²) in [5.74, 6) is 0. The first-order chi connectivity index (χ1) is 36.6. The fourth-order valence-corrected chi connectivity index (χ4v) is 10.7. The highest BCUT2D eigenvalue weighted by atomic mass is 15.1. The third-order valence-corrected chi connectivity index (χ3v) is 14.2. The van der Waals surface area contributed by atoms with Gasteiger partial charge in [-0.2, -0.15) is 0 Å². The number of hydrogen-bond donors (Lipinski definition) is 0. The number of allylic oxidation sites excluding steroid dienone is 6. The molecule has 12 rings (SSSR count). The summed E-state index contributed by atoms with van der Waals surface area (Å²) in [6, 6.07) is 86.6. The second-order valence-electron chi connectivity index (χ2n) is 18.8. The summed E-state index contributed by atoms with van der Waals surface area (Å²) in [5.41, 5.74) is 17.4. The molecule has 1 heterocycles. The van der Waals surface area contributed by atoms with Crippen LogP contribution in [0.3, 0.4) is 0 Å². The molecule has 2 nitrogen and oxygen atoms in total. The van der Waals surface area contributed by atoms with Crippen LogP contribution in [-0.2, 0) is 0 Å². The van der Waals surface area contributed by atoms with Gasteiger partial charge in [0.2, 0.25) is 0 Å². The highest BCUT2D eigenvalue weighted by Crippen LogP contribution is 2.42. The van der Waals surface area contributed by atoms with E-state index in [1.807, 2.05) is 6.92 Å². The molecule has 0 aliphatic heterocycles. The van der Waals surface area contributed by atoms with Gasteiger partial charge >= 0.3 is 0 Å². The van der Waals surface area contributed by atoms with Crippen molar-refractivity contribution in [2.45, 2.75) is 13.8 Å². The topological polar surface area (TPSA) is 8.17 Å². The van der Waals surface area contributed by atoms with E-state index in [-0.39, 0.29) is 0 Å². The Balaban J connectivity index is 0.946. The molecule has 2 heteroatoms. The molecule has 0 saturated carbocycles. The number of benzene rings is 11. The summed E-state index contributed by atoms with van der Waals surface area (Å²) in [5, 5.41) is 8.72. The van der Waals surface area contributed by atoms with Crippen LogP contribution in [0.2, 0.25) is 0 Å². The molecule has 0 spiro atoms. The first-order valence-electron chi connectivity index (χ1n) is 25.6. The number of aromatic nitrogens is 1. The lowest BCUT2D eigenvalue weighted by Crippen LogP contribution is -2.10. The second kappa shape index (κ2) is 20.3. The molecule has 0 atom stereocenters. The summed E-state index contributed by atoms with van der Waals surface area (Å²) in [7, 11) is 0. The zero-order chi connectivity index (χ0) is 49.8. The molecule has 0 aliphatic rings. The number of fused-ring (bicyclic) bond motifs is 5. The molecule has 0 amide bonds. The van der Waals surface area contributed by atoms with Crippen LogP contribution in [0, 0.1) is 0 Å². The van der Waals surface area contributed by atoms with Crippen LogP contribution >= 0.6 is 0 Å². The molecule has 0 saturated heterocycles. The molecule has 1 aromatic heterocycles. The van der Waals surface area contributed by atoms with Crippen molar-refractivity contribution in [2.24, 2.45) is 0 Å². The van der Waals surface area contributed by atoms with Crippen molar-refractivity contribution in [3.8, 4) is 50.2 Å². The first kappa shape index (κ1) is 45.6. The minimum Gasteiger partial charge on any atom is -0.316 e. The fraction of sp³-hybridized carbons (Fsp3) is 0.0278. The monoisotopic (exact) mass is 946 g/mol. The Kier molecular flexibility index (Phi) is 12.5. The number of nitrogens with zero attached hydrogens (tertiary/aromatic N) is 2. The number of para-hydroxylation sites is 1. The van der Waals surface area contributed by atoms with E-state index in [0.29, 0.717) is 0 Å². The van der Waals surface area contributed by atoms with E-state index >= 15 is 0 Å². The lowest BCUT2D eigenvalue weighted by Gasteiger charge is -2.26. The van der Waals surface area contributed by atoms with Crippen molar-refractivity contribution in [3.05, 3.63) is 290 Å². The van der Waals surface area contributed by atoms with Crippen molar-refractivity contribution < 1.29 is 0 Å². The molecule has 0 fully saturated rings. The summed E-state index contributed by atoms with van der Waals surface area (Å²) in [4.78, 5) is 2.39. The average Bonchev–Trinajstić information content (AvgIpc) is 3.84. The Morgan fingerprint density at radius 2 is 0.919 bits per heavy atom. The van der Waals surface area contributed by atoms with E-state index in [2.05, 4.69) is 308 Å². The fourth-order valence-electron chi connectivity index (χ4n) is 10.7. The molecule has 11 aromatic carbocycles. The number of anilines is 3. The highest BCUT2D eigenvalue weighted by Gasteiger charge is 2.18. The zero-order valence-electron chi connectivity index (χ0n) is 41.6. The van der Waals surface area contributed by atoms with Gasteiger partial charge in [0, 0.05) is 39.9 Å². The van der Waals surface area contributed by atoms with Gasteiger partial charge in [-0.25, -0.2) is 0 Å². The maximum absolute atomic E-state index is 2.39. The second-order valence-corrected chi connectivity index (χ2v) is 18.8. The smallest absolute Gasteiger partial charge is 0.0540 e. The molecule has 0 radical (unpaired) electrons. The Bertz CT molecular complexity index is 4130. The van der Waals surface area contributed by atoms with Gasteiger partial charge in [-0.3, -0.25) is 0 Å². The van der Waals surface area contributed by atoms with E-state index in [0.717, 1.165) is 33.9 Å². The Morgan fingerprint density at radius 3 is 1.69 bits per heavy atom. The van der Waals surface area contributed by atoms with Crippen molar-refractivity contribution >= 4 is 72.4 Å². The van der Waals surface area contributed by atoms with Crippen molar-refractivity contribution in [1.29, 1.82) is 0 Å². The third kappa shape index (κ3) is 8.84. The summed E-state index contributed by atoms with van der Waals surface area (Å²) in [6.07, 6.45) is 19.2. The lowest BCUT2D eigenvalue weighted by molar-refractivity contribution is 1.13. The van der Waals surface area contributed by atoms with E-state index in [9.17, 15) is 0 Å². The third-order valence-electron chi connectivity index (χ3n) is 14.2. The summed E-state index contributed by atoms with van der Waals surface area (Å²) < 4.78 is 2.31. The molecule has 0 aliphatic carbocycles. The maximum atomic E-state index is 2.39. The van der Waals surface area contributed by atoms with Gasteiger partial charge in [0.1, 0.15) is 0 Å². The van der Waals surface area contributed by atoms with E-state index < -0.39 is 0 Å². The van der Waals surface area contributed by atoms with Gasteiger partial charge in [0.25, 0.3) is 0 Å². The normalized spacial score (nSPS) is 12.0. The average molecular weight is 947 g/mol. The van der Waals surface area contributed by atoms with Gasteiger partial charge in [0.05, 0.1) is 5.52 Å². The predicted molar refractivity (Wildman–Crippen MR) is 320 cm³/mol. The predicted octanol–water partition coefficient (Wildman–Crippen LogP) is 20.4. The largest absolute Gasteiger partial charge is 0.316 e. The molecule has 0 N–H and O–H groups in total. The SMILES string of the molecule is C/C=C\C=C/c1cccc2cc(-c3ccc(N(c4ccc(-c5cc6ccccc6c6ccccc56)cc4)c4cccc(-c5cccc(-c6cccc7c6c(/C=C\C=C/C)cn7-c6ccccc6)c5)c4)cc3)ccc12. The van der Waals surface area contributed by atoms with Crippen LogP contribution in [-0.4, -0.2) is 4.57 Å². The molecule has 352 valence electrons. The van der Waals surface area contributed by atoms with Gasteiger partial charge in [-0.05, 0) is 169 Å². The minimum absolute atomic E-state index is 1.08. The van der Waals surface area contributed by atoms with E-state index in [4.69, 9.17) is 0 Å². The highest BCUT2D eigenvalue weighted by molar-refractivity contribution is 6.14. The maximum Gasteiger partial charge on any atom is 0.0540 e. The molecule has 0 unspecified atom stereocenters. The Hall–Kier alpha value is -9.50. The molecular weight excluding hydrogens is 893 g/mol. The van der Waals surface area contributed by atoms with Crippen molar-refractivity contribution in [1.82, 2.24) is 4.57 Å². The number of hydrogen-bond acceptors (Lipinski definition) is 1. The van der Waals surface area contributed by atoms with E-state index in [1.165, 1.54) is 87.7 Å².